The number of hydrogen-bond donors (Lipinski definition) is 2. The van der Waals surface area contributed by atoms with Gasteiger partial charge in [0.2, 0.25) is 5.91 Å². The number of hydrogen-bond acceptors (Lipinski definition) is 6. The third-order valence-corrected chi connectivity index (χ3v) is 6.87. The molecule has 2 unspecified atom stereocenters. The first-order chi connectivity index (χ1) is 18.0. The molecule has 0 bridgehead atoms. The van der Waals surface area contributed by atoms with Gasteiger partial charge in [0.15, 0.2) is 0 Å². The molecule has 0 radical (unpaired) electrons. The molecule has 2 amide bonds. The van der Waals surface area contributed by atoms with Crippen LogP contribution < -0.4 is 15.4 Å². The molecule has 1 spiro atoms. The molecule has 2 aromatic carbocycles. The molecular formula is C29H38FN3O5. The van der Waals surface area contributed by atoms with Crippen molar-refractivity contribution in [3.8, 4) is 16.9 Å². The summed E-state index contributed by atoms with van der Waals surface area (Å²) in [4.78, 5) is 25.8. The van der Waals surface area contributed by atoms with E-state index in [4.69, 9.17) is 14.2 Å². The smallest absolute Gasteiger partial charge is 0.410 e. The number of halogens is 1. The summed E-state index contributed by atoms with van der Waals surface area (Å²) in [6.07, 6.45) is 0.691. The van der Waals surface area contributed by atoms with E-state index in [1.165, 1.54) is 4.90 Å². The second-order valence-corrected chi connectivity index (χ2v) is 11.3. The maximum Gasteiger partial charge on any atom is 0.410 e. The van der Waals surface area contributed by atoms with Crippen LogP contribution in [0, 0.1) is 5.82 Å². The predicted molar refractivity (Wildman–Crippen MR) is 143 cm³/mol. The molecule has 2 N–H and O–H groups in total. The zero-order valence-corrected chi connectivity index (χ0v) is 22.8. The summed E-state index contributed by atoms with van der Waals surface area (Å²) in [7, 11) is 1.65. The van der Waals surface area contributed by atoms with Gasteiger partial charge in [0.25, 0.3) is 0 Å². The lowest BCUT2D eigenvalue weighted by Gasteiger charge is -2.39. The summed E-state index contributed by atoms with van der Waals surface area (Å²) >= 11 is 0. The van der Waals surface area contributed by atoms with E-state index in [0.717, 1.165) is 6.42 Å². The molecule has 4 rings (SSSR count). The summed E-state index contributed by atoms with van der Waals surface area (Å²) in [6, 6.07) is 12.6. The minimum Gasteiger partial charge on any atom is -0.491 e. The molecule has 2 aliphatic rings. The van der Waals surface area contributed by atoms with Crippen LogP contribution in [0.4, 0.5) is 9.18 Å². The standard InChI is InChI=1S/C29H38FN3O5/c1-19-16-29(18-36-17-25(34)32-29)24(31-19)15-20-9-8-11-22(26(20)30)21-10-6-7-12-23(21)37-14-13-33(5)27(35)38-28(2,3)4/h6-12,19,24,31H,13-18H2,1-5H3,(H,32,34)/t19-,24?,29?/m1/s1. The quantitative estimate of drug-likeness (QED) is 0.568. The van der Waals surface area contributed by atoms with E-state index in [-0.39, 0.29) is 37.0 Å². The molecule has 3 atom stereocenters. The molecule has 2 fully saturated rings. The topological polar surface area (TPSA) is 89.1 Å². The first kappa shape index (κ1) is 27.9. The highest BCUT2D eigenvalue weighted by Crippen LogP contribution is 2.35. The van der Waals surface area contributed by atoms with Gasteiger partial charge in [0.1, 0.15) is 30.4 Å². The van der Waals surface area contributed by atoms with E-state index >= 15 is 4.39 Å². The van der Waals surface area contributed by atoms with Crippen molar-refractivity contribution in [2.24, 2.45) is 0 Å². The van der Waals surface area contributed by atoms with E-state index in [1.807, 2.05) is 45.0 Å². The summed E-state index contributed by atoms with van der Waals surface area (Å²) < 4.78 is 32.9. The molecule has 0 aliphatic carbocycles. The number of benzene rings is 2. The molecule has 0 aromatic heterocycles. The van der Waals surface area contributed by atoms with Gasteiger partial charge in [-0.05, 0) is 52.2 Å². The van der Waals surface area contributed by atoms with Gasteiger partial charge in [-0.25, -0.2) is 9.18 Å². The van der Waals surface area contributed by atoms with Gasteiger partial charge < -0.3 is 29.7 Å². The Morgan fingerprint density at radius 3 is 2.66 bits per heavy atom. The number of nitrogens with zero attached hydrogens (tertiary/aromatic N) is 1. The number of rotatable bonds is 7. The Morgan fingerprint density at radius 2 is 1.92 bits per heavy atom. The minimum absolute atomic E-state index is 0.0526. The van der Waals surface area contributed by atoms with Crippen LogP contribution in [-0.2, 0) is 20.7 Å². The number of carbonyl (C=O) groups is 2. The van der Waals surface area contributed by atoms with Crippen LogP contribution in [0.25, 0.3) is 11.1 Å². The Balaban J connectivity index is 1.49. The number of nitrogens with one attached hydrogen (secondary N) is 2. The molecule has 206 valence electrons. The zero-order chi connectivity index (χ0) is 27.5. The summed E-state index contributed by atoms with van der Waals surface area (Å²) in [5.41, 5.74) is 0.472. The van der Waals surface area contributed by atoms with Gasteiger partial charge in [-0.15, -0.1) is 0 Å². The third kappa shape index (κ3) is 6.45. The van der Waals surface area contributed by atoms with Crippen LogP contribution in [0.5, 0.6) is 5.75 Å². The average Bonchev–Trinajstić information content (AvgIpc) is 3.12. The van der Waals surface area contributed by atoms with Gasteiger partial charge in [-0.1, -0.05) is 36.4 Å². The minimum atomic E-state index is -0.581. The van der Waals surface area contributed by atoms with Crippen molar-refractivity contribution in [1.82, 2.24) is 15.5 Å². The third-order valence-electron chi connectivity index (χ3n) is 6.87. The zero-order valence-electron chi connectivity index (χ0n) is 22.8. The molecule has 38 heavy (non-hydrogen) atoms. The first-order valence-corrected chi connectivity index (χ1v) is 13.1. The van der Waals surface area contributed by atoms with E-state index < -0.39 is 17.2 Å². The van der Waals surface area contributed by atoms with Crippen LogP contribution in [-0.4, -0.2) is 73.5 Å². The lowest BCUT2D eigenvalue weighted by atomic mass is 9.85. The Kier molecular flexibility index (Phi) is 8.28. The summed E-state index contributed by atoms with van der Waals surface area (Å²) in [6.45, 7) is 8.49. The van der Waals surface area contributed by atoms with Gasteiger partial charge in [0.05, 0.1) is 18.7 Å². The Morgan fingerprint density at radius 1 is 1.18 bits per heavy atom. The van der Waals surface area contributed by atoms with Gasteiger partial charge in [-0.3, -0.25) is 4.79 Å². The van der Waals surface area contributed by atoms with Crippen LogP contribution in [0.1, 0.15) is 39.7 Å². The fourth-order valence-corrected chi connectivity index (χ4v) is 5.18. The molecule has 2 saturated heterocycles. The maximum absolute atomic E-state index is 16.0. The Labute approximate surface area is 223 Å². The molecule has 0 saturated carbocycles. The fraction of sp³-hybridized carbons (Fsp3) is 0.517. The van der Waals surface area contributed by atoms with Crippen molar-refractivity contribution in [3.63, 3.8) is 0 Å². The van der Waals surface area contributed by atoms with E-state index in [1.54, 1.807) is 25.2 Å². The van der Waals surface area contributed by atoms with Crippen LogP contribution >= 0.6 is 0 Å². The summed E-state index contributed by atoms with van der Waals surface area (Å²) in [5, 5.41) is 6.63. The first-order valence-electron chi connectivity index (χ1n) is 13.1. The molecule has 2 aromatic rings. The van der Waals surface area contributed by atoms with Crippen LogP contribution in [0.2, 0.25) is 0 Å². The van der Waals surface area contributed by atoms with Crippen molar-refractivity contribution in [2.75, 3.05) is 33.4 Å². The van der Waals surface area contributed by atoms with Crippen molar-refractivity contribution in [1.29, 1.82) is 0 Å². The SMILES string of the molecule is C[C@@H]1CC2(COCC(=O)N2)C(Cc2cccc(-c3ccccc3OCCN(C)C(=O)OC(C)(C)C)c2F)N1. The molecule has 2 heterocycles. The monoisotopic (exact) mass is 527 g/mol. The molecule has 8 nitrogen and oxygen atoms in total. The average molecular weight is 528 g/mol. The molecule has 2 aliphatic heterocycles. The van der Waals surface area contributed by atoms with Gasteiger partial charge >= 0.3 is 6.09 Å². The normalized spacial score (nSPS) is 23.3. The highest BCUT2D eigenvalue weighted by Gasteiger charge is 2.49. The van der Waals surface area contributed by atoms with Crippen molar-refractivity contribution in [3.05, 3.63) is 53.8 Å². The number of morpholine rings is 1. The highest BCUT2D eigenvalue weighted by atomic mass is 19.1. The number of ether oxygens (including phenoxy) is 3. The number of amides is 2. The second-order valence-electron chi connectivity index (χ2n) is 11.3. The van der Waals surface area contributed by atoms with Gasteiger partial charge in [0, 0.05) is 30.3 Å². The van der Waals surface area contributed by atoms with E-state index in [0.29, 0.717) is 42.0 Å². The van der Waals surface area contributed by atoms with Crippen LogP contribution in [0.15, 0.2) is 42.5 Å². The fourth-order valence-electron chi connectivity index (χ4n) is 5.18. The highest BCUT2D eigenvalue weighted by molar-refractivity contribution is 5.79. The van der Waals surface area contributed by atoms with Crippen molar-refractivity contribution < 1.29 is 28.2 Å². The Bertz CT molecular complexity index is 1170. The van der Waals surface area contributed by atoms with Crippen molar-refractivity contribution >= 4 is 12.0 Å². The van der Waals surface area contributed by atoms with Crippen molar-refractivity contribution in [2.45, 2.75) is 63.8 Å². The number of para-hydroxylation sites is 1. The predicted octanol–water partition coefficient (Wildman–Crippen LogP) is 3.92. The van der Waals surface area contributed by atoms with E-state index in [9.17, 15) is 9.59 Å². The number of carbonyl (C=O) groups excluding carboxylic acids is 2. The number of likely N-dealkylation sites (N-methyl/N-ethyl adjacent to an activating group) is 1. The Hall–Kier alpha value is -3.17. The van der Waals surface area contributed by atoms with E-state index in [2.05, 4.69) is 17.6 Å². The summed E-state index contributed by atoms with van der Waals surface area (Å²) in [5.74, 6) is 0.0573. The lowest BCUT2D eigenvalue weighted by Crippen LogP contribution is -2.63. The van der Waals surface area contributed by atoms with Gasteiger partial charge in [-0.2, -0.15) is 0 Å². The molecule has 9 heteroatoms. The maximum atomic E-state index is 16.0. The second kappa shape index (κ2) is 11.3. The molecular weight excluding hydrogens is 489 g/mol. The van der Waals surface area contributed by atoms with Crippen LogP contribution in [0.3, 0.4) is 0 Å². The largest absolute Gasteiger partial charge is 0.491 e. The lowest BCUT2D eigenvalue weighted by molar-refractivity contribution is -0.135.